The maximum Gasteiger partial charge on any atom is 0.254 e. The molecular weight excluding hydrogens is 316 g/mol. The Morgan fingerprint density at radius 1 is 1.12 bits per heavy atom. The molecule has 0 spiro atoms. The van der Waals surface area contributed by atoms with Crippen molar-refractivity contribution < 1.29 is 14.3 Å². The summed E-state index contributed by atoms with van der Waals surface area (Å²) in [5.41, 5.74) is 2.09. The highest BCUT2D eigenvalue weighted by molar-refractivity contribution is 5.86. The molecule has 0 saturated carbocycles. The van der Waals surface area contributed by atoms with E-state index in [1.54, 1.807) is 11.9 Å². The Kier molecular flexibility index (Phi) is 5.13. The third-order valence-electron chi connectivity index (χ3n) is 5.33. The van der Waals surface area contributed by atoms with Crippen LogP contribution in [0.25, 0.3) is 0 Å². The molecular formula is C20H28N2O3. The number of likely N-dealkylation sites (N-methyl/N-ethyl adjacent to an activating group) is 1. The number of carbonyl (C=O) groups is 2. The van der Waals surface area contributed by atoms with Gasteiger partial charge >= 0.3 is 0 Å². The number of carbonyl (C=O) groups excluding carboxylic acids is 2. The highest BCUT2D eigenvalue weighted by Crippen LogP contribution is 2.32. The van der Waals surface area contributed by atoms with Gasteiger partial charge in [0.1, 0.15) is 6.61 Å². The standard InChI is InChI=1S/C20H28N2O3/c1-13-5-7-16(8-6-13)18-19(25-12-17(23)21(18)4)20(24)22-10-14(2)9-15(3)11-22/h5-8,14-15,18-19H,9-12H2,1-4H3/t14-,15-,18-,19-/m1/s1. The minimum absolute atomic E-state index is 0.00308. The van der Waals surface area contributed by atoms with E-state index >= 15 is 0 Å². The lowest BCUT2D eigenvalue weighted by atomic mass is 9.90. The monoisotopic (exact) mass is 344 g/mol. The molecule has 2 amide bonds. The molecule has 4 atom stereocenters. The number of likely N-dealkylation sites (tertiary alicyclic amines) is 1. The van der Waals surface area contributed by atoms with Crippen LogP contribution in [0.2, 0.25) is 0 Å². The van der Waals surface area contributed by atoms with Gasteiger partial charge in [-0.15, -0.1) is 0 Å². The molecule has 25 heavy (non-hydrogen) atoms. The maximum absolute atomic E-state index is 13.2. The summed E-state index contributed by atoms with van der Waals surface area (Å²) in [5.74, 6) is 0.903. The third-order valence-corrected chi connectivity index (χ3v) is 5.33. The van der Waals surface area contributed by atoms with E-state index in [9.17, 15) is 9.59 Å². The zero-order chi connectivity index (χ0) is 18.1. The van der Waals surface area contributed by atoms with Crippen LogP contribution in [0.4, 0.5) is 0 Å². The summed E-state index contributed by atoms with van der Waals surface area (Å²) in [7, 11) is 1.76. The molecule has 0 aromatic heterocycles. The maximum atomic E-state index is 13.2. The number of nitrogens with zero attached hydrogens (tertiary/aromatic N) is 2. The van der Waals surface area contributed by atoms with Crippen molar-refractivity contribution in [3.63, 3.8) is 0 Å². The Labute approximate surface area is 149 Å². The molecule has 2 aliphatic rings. The number of hydrogen-bond donors (Lipinski definition) is 0. The minimum Gasteiger partial charge on any atom is -0.356 e. The fraction of sp³-hybridized carbons (Fsp3) is 0.600. The second-order valence-electron chi connectivity index (χ2n) is 7.78. The summed E-state index contributed by atoms with van der Waals surface area (Å²) >= 11 is 0. The molecule has 5 nitrogen and oxygen atoms in total. The van der Waals surface area contributed by atoms with E-state index in [-0.39, 0.29) is 24.5 Å². The predicted octanol–water partition coefficient (Wildman–Crippen LogP) is 2.40. The van der Waals surface area contributed by atoms with Gasteiger partial charge in [0.15, 0.2) is 6.10 Å². The van der Waals surface area contributed by atoms with Crippen molar-refractivity contribution in [3.05, 3.63) is 35.4 Å². The van der Waals surface area contributed by atoms with Crippen molar-refractivity contribution in [3.8, 4) is 0 Å². The van der Waals surface area contributed by atoms with Gasteiger partial charge in [-0.05, 0) is 30.7 Å². The smallest absolute Gasteiger partial charge is 0.254 e. The van der Waals surface area contributed by atoms with Crippen molar-refractivity contribution in [2.45, 2.75) is 39.3 Å². The molecule has 0 aliphatic carbocycles. The molecule has 1 aromatic carbocycles. The summed E-state index contributed by atoms with van der Waals surface area (Å²) < 4.78 is 5.76. The molecule has 1 aromatic rings. The average molecular weight is 344 g/mol. The first kappa shape index (κ1) is 17.9. The Morgan fingerprint density at radius 2 is 1.72 bits per heavy atom. The zero-order valence-corrected chi connectivity index (χ0v) is 15.6. The number of aryl methyl sites for hydroxylation is 1. The lowest BCUT2D eigenvalue weighted by Crippen LogP contribution is -2.55. The van der Waals surface area contributed by atoms with Gasteiger partial charge in [0, 0.05) is 20.1 Å². The Balaban J connectivity index is 1.87. The number of hydrogen-bond acceptors (Lipinski definition) is 3. The predicted molar refractivity (Wildman–Crippen MR) is 96.0 cm³/mol. The van der Waals surface area contributed by atoms with Gasteiger partial charge in [-0.2, -0.15) is 0 Å². The molecule has 0 N–H and O–H groups in total. The van der Waals surface area contributed by atoms with Gasteiger partial charge in [-0.3, -0.25) is 9.59 Å². The fourth-order valence-corrected chi connectivity index (χ4v) is 4.10. The summed E-state index contributed by atoms with van der Waals surface area (Å²) in [4.78, 5) is 29.0. The van der Waals surface area contributed by atoms with E-state index in [1.807, 2.05) is 36.1 Å². The fourth-order valence-electron chi connectivity index (χ4n) is 4.10. The van der Waals surface area contributed by atoms with Gasteiger partial charge in [0.25, 0.3) is 5.91 Å². The molecule has 0 radical (unpaired) electrons. The van der Waals surface area contributed by atoms with E-state index in [4.69, 9.17) is 4.74 Å². The molecule has 0 bridgehead atoms. The van der Waals surface area contributed by atoms with E-state index in [0.29, 0.717) is 11.8 Å². The summed E-state index contributed by atoms with van der Waals surface area (Å²) in [5, 5.41) is 0. The molecule has 3 rings (SSSR count). The van der Waals surface area contributed by atoms with Gasteiger partial charge in [0.2, 0.25) is 5.91 Å². The SMILES string of the molecule is Cc1ccc([C@@H]2[C@H](C(=O)N3C[C@H](C)C[C@@H](C)C3)OCC(=O)N2C)cc1. The van der Waals surface area contributed by atoms with E-state index in [2.05, 4.69) is 13.8 Å². The van der Waals surface area contributed by atoms with E-state index in [1.165, 1.54) is 0 Å². The number of rotatable bonds is 2. The van der Waals surface area contributed by atoms with Gasteiger partial charge in [0.05, 0.1) is 6.04 Å². The van der Waals surface area contributed by atoms with E-state index < -0.39 is 6.10 Å². The van der Waals surface area contributed by atoms with Crippen LogP contribution in [0, 0.1) is 18.8 Å². The molecule has 2 fully saturated rings. The summed E-state index contributed by atoms with van der Waals surface area (Å²) in [6.45, 7) is 7.89. The van der Waals surface area contributed by atoms with Gasteiger partial charge in [-0.25, -0.2) is 0 Å². The minimum atomic E-state index is -0.636. The second-order valence-corrected chi connectivity index (χ2v) is 7.78. The lowest BCUT2D eigenvalue weighted by molar-refractivity contribution is -0.168. The first-order chi connectivity index (χ1) is 11.9. The average Bonchev–Trinajstić information content (AvgIpc) is 2.57. The molecule has 2 saturated heterocycles. The van der Waals surface area contributed by atoms with Crippen LogP contribution in [0.1, 0.15) is 37.4 Å². The zero-order valence-electron chi connectivity index (χ0n) is 15.6. The van der Waals surface area contributed by atoms with Crippen molar-refractivity contribution in [2.24, 2.45) is 11.8 Å². The Morgan fingerprint density at radius 3 is 2.32 bits per heavy atom. The summed E-state index contributed by atoms with van der Waals surface area (Å²) in [6, 6.07) is 7.62. The Hall–Kier alpha value is -1.88. The number of ether oxygens (including phenoxy) is 1. The summed E-state index contributed by atoms with van der Waals surface area (Å²) in [6.07, 6.45) is 0.512. The van der Waals surface area contributed by atoms with Crippen LogP contribution in [0.15, 0.2) is 24.3 Å². The van der Waals surface area contributed by atoms with E-state index in [0.717, 1.165) is 30.6 Å². The van der Waals surface area contributed by atoms with Crippen molar-refractivity contribution >= 4 is 11.8 Å². The Bertz CT molecular complexity index is 633. The van der Waals surface area contributed by atoms with Crippen LogP contribution in [-0.4, -0.2) is 54.5 Å². The second kappa shape index (κ2) is 7.16. The number of piperidine rings is 1. The van der Waals surface area contributed by atoms with Crippen molar-refractivity contribution in [1.82, 2.24) is 9.80 Å². The quantitative estimate of drug-likeness (QED) is 0.828. The van der Waals surface area contributed by atoms with Crippen LogP contribution in [0.3, 0.4) is 0 Å². The van der Waals surface area contributed by atoms with Crippen LogP contribution >= 0.6 is 0 Å². The highest BCUT2D eigenvalue weighted by atomic mass is 16.5. The highest BCUT2D eigenvalue weighted by Gasteiger charge is 2.42. The van der Waals surface area contributed by atoms with Gasteiger partial charge in [-0.1, -0.05) is 43.7 Å². The van der Waals surface area contributed by atoms with Crippen LogP contribution in [0.5, 0.6) is 0 Å². The first-order valence-electron chi connectivity index (χ1n) is 9.09. The molecule has 2 heterocycles. The first-order valence-corrected chi connectivity index (χ1v) is 9.09. The number of amides is 2. The number of morpholine rings is 1. The topological polar surface area (TPSA) is 49.9 Å². The van der Waals surface area contributed by atoms with Crippen molar-refractivity contribution in [1.29, 1.82) is 0 Å². The van der Waals surface area contributed by atoms with Gasteiger partial charge < -0.3 is 14.5 Å². The molecule has 5 heteroatoms. The number of benzene rings is 1. The van der Waals surface area contributed by atoms with Crippen LogP contribution < -0.4 is 0 Å². The third kappa shape index (κ3) is 3.71. The molecule has 0 unspecified atom stereocenters. The molecule has 136 valence electrons. The largest absolute Gasteiger partial charge is 0.356 e. The normalized spacial score (nSPS) is 30.5. The van der Waals surface area contributed by atoms with Crippen molar-refractivity contribution in [2.75, 3.05) is 26.7 Å². The molecule has 2 aliphatic heterocycles. The lowest BCUT2D eigenvalue weighted by Gasteiger charge is -2.42. The van der Waals surface area contributed by atoms with Crippen LogP contribution in [-0.2, 0) is 14.3 Å².